The zero-order valence-corrected chi connectivity index (χ0v) is 16.3. The number of amides is 1. The summed E-state index contributed by atoms with van der Waals surface area (Å²) in [6, 6.07) is 11.5. The summed E-state index contributed by atoms with van der Waals surface area (Å²) in [4.78, 5) is 35.4. The Bertz CT molecular complexity index is 1230. The number of nitriles is 1. The molecule has 31 heavy (non-hydrogen) atoms. The highest BCUT2D eigenvalue weighted by Gasteiger charge is 2.25. The summed E-state index contributed by atoms with van der Waals surface area (Å²) in [5.74, 6) is -0.658. The number of hydrogen-bond donors (Lipinski definition) is 1. The van der Waals surface area contributed by atoms with Crippen molar-refractivity contribution in [1.29, 1.82) is 5.26 Å². The molecule has 1 heterocycles. The SMILES string of the molecule is CN(C)c1ccc(C(=O)Nc2c(C#N)cnn2-c2ccc([N+](=O)[O-])cc2[N+](=O)[O-])cc1. The summed E-state index contributed by atoms with van der Waals surface area (Å²) >= 11 is 0. The summed E-state index contributed by atoms with van der Waals surface area (Å²) in [6.07, 6.45) is 1.13. The number of hydrogen-bond acceptors (Lipinski definition) is 8. The summed E-state index contributed by atoms with van der Waals surface area (Å²) in [5, 5.41) is 38.3. The molecule has 2 aromatic carbocycles. The summed E-state index contributed by atoms with van der Waals surface area (Å²) in [5.41, 5.74) is -0.0928. The van der Waals surface area contributed by atoms with E-state index in [2.05, 4.69) is 10.4 Å². The van der Waals surface area contributed by atoms with Crippen molar-refractivity contribution in [3.63, 3.8) is 0 Å². The van der Waals surface area contributed by atoms with Crippen molar-refractivity contribution in [2.24, 2.45) is 0 Å². The number of nitro benzene ring substituents is 2. The van der Waals surface area contributed by atoms with Crippen molar-refractivity contribution in [3.8, 4) is 11.8 Å². The molecule has 0 saturated heterocycles. The maximum atomic E-state index is 12.7. The number of rotatable bonds is 6. The first-order valence-corrected chi connectivity index (χ1v) is 8.73. The first-order chi connectivity index (χ1) is 14.7. The van der Waals surface area contributed by atoms with E-state index in [4.69, 9.17) is 0 Å². The van der Waals surface area contributed by atoms with Crippen LogP contribution in [0, 0.1) is 31.6 Å². The molecule has 12 heteroatoms. The zero-order valence-electron chi connectivity index (χ0n) is 16.3. The van der Waals surface area contributed by atoms with Crippen molar-refractivity contribution >= 4 is 28.8 Å². The van der Waals surface area contributed by atoms with Crippen molar-refractivity contribution in [1.82, 2.24) is 9.78 Å². The molecule has 0 aliphatic carbocycles. The van der Waals surface area contributed by atoms with Crippen LogP contribution in [0.4, 0.5) is 22.9 Å². The van der Waals surface area contributed by atoms with E-state index in [0.717, 1.165) is 34.8 Å². The molecule has 156 valence electrons. The van der Waals surface area contributed by atoms with Crippen LogP contribution in [0.15, 0.2) is 48.7 Å². The highest BCUT2D eigenvalue weighted by atomic mass is 16.6. The van der Waals surface area contributed by atoms with E-state index in [9.17, 15) is 30.3 Å². The van der Waals surface area contributed by atoms with E-state index in [1.54, 1.807) is 24.3 Å². The van der Waals surface area contributed by atoms with Gasteiger partial charge in [0.05, 0.1) is 22.1 Å². The topological polar surface area (TPSA) is 160 Å². The molecule has 0 radical (unpaired) electrons. The average molecular weight is 421 g/mol. The second-order valence-corrected chi connectivity index (χ2v) is 6.51. The fraction of sp³-hybridized carbons (Fsp3) is 0.105. The van der Waals surface area contributed by atoms with E-state index in [0.29, 0.717) is 5.56 Å². The molecule has 0 fully saturated rings. The maximum Gasteiger partial charge on any atom is 0.301 e. The van der Waals surface area contributed by atoms with Gasteiger partial charge in [0.15, 0.2) is 5.82 Å². The van der Waals surface area contributed by atoms with Crippen LogP contribution in [0.1, 0.15) is 15.9 Å². The number of carbonyl (C=O) groups excluding carboxylic acids is 1. The minimum absolute atomic E-state index is 0.0362. The van der Waals surface area contributed by atoms with E-state index in [1.807, 2.05) is 25.1 Å². The first kappa shape index (κ1) is 20.9. The van der Waals surface area contributed by atoms with Crippen molar-refractivity contribution in [2.75, 3.05) is 24.3 Å². The van der Waals surface area contributed by atoms with Crippen molar-refractivity contribution < 1.29 is 14.6 Å². The van der Waals surface area contributed by atoms with Crippen molar-refractivity contribution in [2.45, 2.75) is 0 Å². The molecule has 12 nitrogen and oxygen atoms in total. The minimum atomic E-state index is -0.804. The molecule has 0 aliphatic rings. The fourth-order valence-electron chi connectivity index (χ4n) is 2.77. The third kappa shape index (κ3) is 4.15. The Kier molecular flexibility index (Phi) is 5.60. The smallest absolute Gasteiger partial charge is 0.301 e. The Hall–Kier alpha value is -4.79. The van der Waals surface area contributed by atoms with E-state index in [1.165, 1.54) is 0 Å². The number of nitrogens with zero attached hydrogens (tertiary/aromatic N) is 6. The van der Waals surface area contributed by atoms with E-state index < -0.39 is 27.1 Å². The van der Waals surface area contributed by atoms with Crippen LogP contribution in [0.25, 0.3) is 5.69 Å². The lowest BCUT2D eigenvalue weighted by Gasteiger charge is -2.13. The lowest BCUT2D eigenvalue weighted by Crippen LogP contribution is -2.17. The van der Waals surface area contributed by atoms with Gasteiger partial charge < -0.3 is 10.2 Å². The van der Waals surface area contributed by atoms with Crippen LogP contribution >= 0.6 is 0 Å². The monoisotopic (exact) mass is 421 g/mol. The molecule has 1 aromatic heterocycles. The van der Waals surface area contributed by atoms with Gasteiger partial charge in [0.1, 0.15) is 17.3 Å². The van der Waals surface area contributed by atoms with Gasteiger partial charge in [0.2, 0.25) is 0 Å². The Morgan fingerprint density at radius 1 is 1.13 bits per heavy atom. The van der Waals surface area contributed by atoms with Gasteiger partial charge >= 0.3 is 5.69 Å². The van der Waals surface area contributed by atoms with Gasteiger partial charge in [-0.15, -0.1) is 0 Å². The van der Waals surface area contributed by atoms with Crippen LogP contribution < -0.4 is 10.2 Å². The lowest BCUT2D eigenvalue weighted by atomic mass is 10.2. The predicted molar refractivity (Wildman–Crippen MR) is 110 cm³/mol. The Balaban J connectivity index is 2.04. The molecular weight excluding hydrogens is 406 g/mol. The van der Waals surface area contributed by atoms with Crippen LogP contribution in [0.3, 0.4) is 0 Å². The first-order valence-electron chi connectivity index (χ1n) is 8.73. The molecule has 0 spiro atoms. The molecule has 3 rings (SSSR count). The van der Waals surface area contributed by atoms with Gasteiger partial charge in [-0.05, 0) is 30.3 Å². The Morgan fingerprint density at radius 2 is 1.81 bits per heavy atom. The number of aromatic nitrogens is 2. The van der Waals surface area contributed by atoms with Gasteiger partial charge in [-0.2, -0.15) is 10.4 Å². The number of benzene rings is 2. The highest BCUT2D eigenvalue weighted by Crippen LogP contribution is 2.31. The van der Waals surface area contributed by atoms with Gasteiger partial charge in [0, 0.05) is 31.4 Å². The second kappa shape index (κ2) is 8.29. The Morgan fingerprint density at radius 3 is 2.35 bits per heavy atom. The molecule has 0 bridgehead atoms. The largest absolute Gasteiger partial charge is 0.378 e. The molecule has 0 unspecified atom stereocenters. The summed E-state index contributed by atoms with van der Waals surface area (Å²) in [7, 11) is 3.70. The number of carbonyl (C=O) groups is 1. The maximum absolute atomic E-state index is 12.7. The van der Waals surface area contributed by atoms with Gasteiger partial charge in [-0.1, -0.05) is 0 Å². The molecule has 0 aliphatic heterocycles. The standard InChI is InChI=1S/C19H15N7O5/c1-23(2)14-5-3-12(4-6-14)19(27)22-18-13(10-20)11-21-24(18)16-8-7-15(25(28)29)9-17(16)26(30)31/h3-9,11H,1-2H3,(H,22,27). The second-order valence-electron chi connectivity index (χ2n) is 6.51. The molecule has 3 aromatic rings. The molecule has 1 amide bonds. The fourth-order valence-corrected chi connectivity index (χ4v) is 2.77. The summed E-state index contributed by atoms with van der Waals surface area (Å²) < 4.78 is 0.993. The Labute approximate surface area is 175 Å². The quantitative estimate of drug-likeness (QED) is 0.469. The van der Waals surface area contributed by atoms with Crippen LogP contribution in [0.2, 0.25) is 0 Å². The van der Waals surface area contributed by atoms with E-state index >= 15 is 0 Å². The van der Waals surface area contributed by atoms with Crippen molar-refractivity contribution in [3.05, 3.63) is 80.0 Å². The van der Waals surface area contributed by atoms with Crippen LogP contribution in [-0.4, -0.2) is 39.6 Å². The van der Waals surface area contributed by atoms with Gasteiger partial charge in [-0.3, -0.25) is 25.0 Å². The number of anilines is 2. The molecule has 0 saturated carbocycles. The highest BCUT2D eigenvalue weighted by molar-refractivity contribution is 6.04. The van der Waals surface area contributed by atoms with Gasteiger partial charge in [0.25, 0.3) is 11.6 Å². The summed E-state index contributed by atoms with van der Waals surface area (Å²) in [6.45, 7) is 0. The average Bonchev–Trinajstić information content (AvgIpc) is 3.15. The number of non-ortho nitro benzene ring substituents is 1. The third-order valence-corrected chi connectivity index (χ3v) is 4.36. The number of nitro groups is 2. The molecular formula is C19H15N7O5. The van der Waals surface area contributed by atoms with Crippen LogP contribution in [0.5, 0.6) is 0 Å². The minimum Gasteiger partial charge on any atom is -0.378 e. The lowest BCUT2D eigenvalue weighted by molar-refractivity contribution is -0.394. The van der Waals surface area contributed by atoms with Gasteiger partial charge in [-0.25, -0.2) is 4.68 Å². The van der Waals surface area contributed by atoms with Crippen LogP contribution in [-0.2, 0) is 0 Å². The third-order valence-electron chi connectivity index (χ3n) is 4.36. The molecule has 0 atom stereocenters. The number of nitrogens with one attached hydrogen (secondary N) is 1. The van der Waals surface area contributed by atoms with E-state index in [-0.39, 0.29) is 17.1 Å². The normalized spacial score (nSPS) is 10.2. The zero-order chi connectivity index (χ0) is 22.7. The predicted octanol–water partition coefficient (Wildman–Crippen LogP) is 2.88. The molecule has 1 N–H and O–H groups in total.